The summed E-state index contributed by atoms with van der Waals surface area (Å²) in [5, 5.41) is 2.30. The standard InChI is InChI=1S/C30H26FNO3S/c1-19(21-6-4-3-5-7-21)35-29(34)32-26-18-27(31)36-28(26)24-10-8-22(9-11-24)23-12-14-25(15-13-23)30(16-17-30)20(2)33/h3-15,18-19H,16-17H2,1-2H3,(H,32,34)/t19-/m1/s1. The van der Waals surface area contributed by atoms with Crippen LogP contribution in [-0.4, -0.2) is 11.9 Å². The molecule has 1 aliphatic rings. The van der Waals surface area contributed by atoms with Gasteiger partial charge in [-0.2, -0.15) is 4.39 Å². The van der Waals surface area contributed by atoms with Gasteiger partial charge in [0.25, 0.3) is 0 Å². The number of carbonyl (C=O) groups excluding carboxylic acids is 2. The summed E-state index contributed by atoms with van der Waals surface area (Å²) in [6.07, 6.45) is 0.765. The molecule has 1 aromatic heterocycles. The average molecular weight is 500 g/mol. The number of ketones is 1. The Hall–Kier alpha value is -3.77. The fourth-order valence-electron chi connectivity index (χ4n) is 4.53. The van der Waals surface area contributed by atoms with E-state index in [-0.39, 0.29) is 11.2 Å². The Morgan fingerprint density at radius 3 is 2.08 bits per heavy atom. The molecule has 0 saturated heterocycles. The van der Waals surface area contributed by atoms with Crippen molar-refractivity contribution in [3.63, 3.8) is 0 Å². The van der Waals surface area contributed by atoms with Crippen molar-refractivity contribution in [2.75, 3.05) is 5.32 Å². The van der Waals surface area contributed by atoms with Crippen molar-refractivity contribution < 1.29 is 18.7 Å². The molecule has 6 heteroatoms. The van der Waals surface area contributed by atoms with Gasteiger partial charge in [-0.05, 0) is 54.5 Å². The van der Waals surface area contributed by atoms with Crippen LogP contribution in [0.5, 0.6) is 0 Å². The van der Waals surface area contributed by atoms with Crippen LogP contribution in [-0.2, 0) is 14.9 Å². The minimum atomic E-state index is -0.638. The number of carbonyl (C=O) groups is 2. The van der Waals surface area contributed by atoms with Crippen molar-refractivity contribution in [2.45, 2.75) is 38.2 Å². The van der Waals surface area contributed by atoms with E-state index in [2.05, 4.69) is 5.32 Å². The maximum atomic E-state index is 14.2. The van der Waals surface area contributed by atoms with Crippen molar-refractivity contribution in [3.8, 4) is 21.6 Å². The van der Waals surface area contributed by atoms with E-state index in [9.17, 15) is 14.0 Å². The van der Waals surface area contributed by atoms with Gasteiger partial charge in [0.05, 0.1) is 16.0 Å². The van der Waals surface area contributed by atoms with Crippen molar-refractivity contribution in [3.05, 3.63) is 101 Å². The summed E-state index contributed by atoms with van der Waals surface area (Å²) < 4.78 is 19.7. The first kappa shape index (κ1) is 23.9. The molecule has 4 aromatic rings. The molecule has 1 saturated carbocycles. The summed E-state index contributed by atoms with van der Waals surface area (Å²) >= 11 is 0.972. The first-order valence-corrected chi connectivity index (χ1v) is 12.7. The Morgan fingerprint density at radius 1 is 0.917 bits per heavy atom. The molecule has 3 aromatic carbocycles. The number of anilines is 1. The molecular formula is C30H26FNO3S. The highest BCUT2D eigenvalue weighted by Crippen LogP contribution is 2.49. The number of benzene rings is 3. The predicted molar refractivity (Wildman–Crippen MR) is 142 cm³/mol. The zero-order valence-electron chi connectivity index (χ0n) is 20.1. The lowest BCUT2D eigenvalue weighted by atomic mass is 9.90. The van der Waals surface area contributed by atoms with E-state index in [4.69, 9.17) is 4.74 Å². The van der Waals surface area contributed by atoms with Gasteiger partial charge in [-0.1, -0.05) is 78.9 Å². The van der Waals surface area contributed by atoms with Gasteiger partial charge in [-0.25, -0.2) is 4.79 Å². The molecule has 36 heavy (non-hydrogen) atoms. The first-order chi connectivity index (χ1) is 17.4. The fourth-order valence-corrected chi connectivity index (χ4v) is 5.37. The molecule has 0 aliphatic heterocycles. The summed E-state index contributed by atoms with van der Waals surface area (Å²) in [6, 6.07) is 26.7. The normalized spacial score (nSPS) is 14.6. The van der Waals surface area contributed by atoms with Crippen LogP contribution in [0.4, 0.5) is 14.9 Å². The lowest BCUT2D eigenvalue weighted by molar-refractivity contribution is -0.119. The second-order valence-electron chi connectivity index (χ2n) is 9.17. The smallest absolute Gasteiger partial charge is 0.412 e. The molecule has 4 nitrogen and oxygen atoms in total. The third-order valence-electron chi connectivity index (χ3n) is 6.83. The quantitative estimate of drug-likeness (QED) is 0.279. The van der Waals surface area contributed by atoms with Crippen LogP contribution >= 0.6 is 11.3 Å². The SMILES string of the molecule is CC(=O)C1(c2ccc(-c3ccc(-c4sc(F)cc4NC(=O)O[C@H](C)c4ccccc4)cc3)cc2)CC1. The highest BCUT2D eigenvalue weighted by Gasteiger charge is 2.48. The molecule has 1 amide bonds. The Morgan fingerprint density at radius 2 is 1.50 bits per heavy atom. The molecule has 182 valence electrons. The first-order valence-electron chi connectivity index (χ1n) is 11.9. The zero-order chi connectivity index (χ0) is 25.3. The Labute approximate surface area is 213 Å². The molecule has 1 fully saturated rings. The second-order valence-corrected chi connectivity index (χ2v) is 10.2. The van der Waals surface area contributed by atoms with E-state index >= 15 is 0 Å². The van der Waals surface area contributed by atoms with Gasteiger partial charge in [0.2, 0.25) is 0 Å². The fraction of sp³-hybridized carbons (Fsp3) is 0.200. The lowest BCUT2D eigenvalue weighted by Crippen LogP contribution is -2.16. The van der Waals surface area contributed by atoms with Gasteiger partial charge in [0.1, 0.15) is 11.9 Å². The number of nitrogens with one attached hydrogen (secondary N) is 1. The Bertz CT molecular complexity index is 1390. The Kier molecular flexibility index (Phi) is 6.46. The van der Waals surface area contributed by atoms with Crippen LogP contribution in [0.25, 0.3) is 21.6 Å². The van der Waals surface area contributed by atoms with Crippen molar-refractivity contribution in [1.82, 2.24) is 0 Å². The minimum Gasteiger partial charge on any atom is -0.441 e. The number of Topliss-reactive ketones (excluding diaryl/α,β-unsaturated/α-hetero) is 1. The molecule has 0 bridgehead atoms. The maximum Gasteiger partial charge on any atom is 0.412 e. The van der Waals surface area contributed by atoms with Gasteiger partial charge in [0.15, 0.2) is 5.13 Å². The Balaban J connectivity index is 1.30. The molecule has 0 spiro atoms. The van der Waals surface area contributed by atoms with Gasteiger partial charge in [-0.15, -0.1) is 11.3 Å². The van der Waals surface area contributed by atoms with E-state index in [1.807, 2.05) is 78.9 Å². The summed E-state index contributed by atoms with van der Waals surface area (Å²) in [7, 11) is 0. The van der Waals surface area contributed by atoms with Crippen molar-refractivity contribution in [1.29, 1.82) is 0 Å². The van der Waals surface area contributed by atoms with E-state index in [1.54, 1.807) is 13.8 Å². The monoisotopic (exact) mass is 499 g/mol. The van der Waals surface area contributed by atoms with Crippen molar-refractivity contribution in [2.24, 2.45) is 0 Å². The van der Waals surface area contributed by atoms with Crippen molar-refractivity contribution >= 4 is 28.9 Å². The van der Waals surface area contributed by atoms with Crippen LogP contribution in [0.3, 0.4) is 0 Å². The van der Waals surface area contributed by atoms with Gasteiger partial charge in [-0.3, -0.25) is 10.1 Å². The summed E-state index contributed by atoms with van der Waals surface area (Å²) in [5.74, 6) is 0.227. The molecule has 1 N–H and O–H groups in total. The van der Waals surface area contributed by atoms with Crippen LogP contribution in [0.15, 0.2) is 84.9 Å². The molecule has 1 atom stereocenters. The second kappa shape index (κ2) is 9.70. The summed E-state index contributed by atoms with van der Waals surface area (Å²) in [6.45, 7) is 3.46. The number of thiophene rings is 1. The lowest BCUT2D eigenvalue weighted by Gasteiger charge is -2.14. The number of amides is 1. The number of hydrogen-bond acceptors (Lipinski definition) is 4. The maximum absolute atomic E-state index is 14.2. The van der Waals surface area contributed by atoms with Crippen LogP contribution in [0, 0.1) is 5.13 Å². The van der Waals surface area contributed by atoms with Crippen LogP contribution < -0.4 is 5.32 Å². The van der Waals surface area contributed by atoms with E-state index in [0.29, 0.717) is 10.6 Å². The third-order valence-corrected chi connectivity index (χ3v) is 7.81. The van der Waals surface area contributed by atoms with Gasteiger partial charge in [0, 0.05) is 6.07 Å². The summed E-state index contributed by atoms with van der Waals surface area (Å²) in [5.41, 5.74) is 4.90. The molecule has 0 radical (unpaired) electrons. The molecule has 5 rings (SSSR count). The highest BCUT2D eigenvalue weighted by molar-refractivity contribution is 7.14. The molecule has 0 unspecified atom stereocenters. The summed E-state index contributed by atoms with van der Waals surface area (Å²) in [4.78, 5) is 25.1. The number of hydrogen-bond donors (Lipinski definition) is 1. The zero-order valence-corrected chi connectivity index (χ0v) is 20.9. The van der Waals surface area contributed by atoms with Crippen LogP contribution in [0.1, 0.15) is 43.9 Å². The largest absolute Gasteiger partial charge is 0.441 e. The van der Waals surface area contributed by atoms with Crippen LogP contribution in [0.2, 0.25) is 0 Å². The number of halogens is 1. The van der Waals surface area contributed by atoms with Gasteiger partial charge >= 0.3 is 6.09 Å². The van der Waals surface area contributed by atoms with E-state index in [1.165, 1.54) is 6.07 Å². The number of rotatable bonds is 7. The molecule has 1 aliphatic carbocycles. The predicted octanol–water partition coefficient (Wildman–Crippen LogP) is 8.15. The third kappa shape index (κ3) is 4.82. The molecule has 1 heterocycles. The minimum absolute atomic E-state index is 0.227. The van der Waals surface area contributed by atoms with E-state index < -0.39 is 17.3 Å². The average Bonchev–Trinajstić information content (AvgIpc) is 3.63. The number of ether oxygens (including phenoxy) is 1. The highest BCUT2D eigenvalue weighted by atomic mass is 32.1. The topological polar surface area (TPSA) is 55.4 Å². The van der Waals surface area contributed by atoms with Gasteiger partial charge < -0.3 is 4.74 Å². The molecular weight excluding hydrogens is 473 g/mol. The van der Waals surface area contributed by atoms with E-state index in [0.717, 1.165) is 52.0 Å².